The zero-order valence-electron chi connectivity index (χ0n) is 24.5. The van der Waals surface area contributed by atoms with Crippen LogP contribution in [-0.2, 0) is 22.7 Å². The number of aliphatic hydroxyl groups is 1. The lowest BCUT2D eigenvalue weighted by Crippen LogP contribution is -2.33. The smallest absolute Gasteiger partial charge is 0.306 e. The minimum absolute atomic E-state index is 0.0166. The lowest BCUT2D eigenvalue weighted by Gasteiger charge is -2.27. The number of rotatable bonds is 10. The SMILES string of the molecule is O=C(CCC[P+](c1ccccc1)(c1ccccc1)c1ccccc1)OCc1ccc(C#CC#Cc2ccc(CO)cc2)cc1. The molecule has 0 aliphatic carbocycles. The fourth-order valence-corrected chi connectivity index (χ4v) is 9.51. The van der Waals surface area contributed by atoms with Crippen molar-refractivity contribution in [3.63, 3.8) is 0 Å². The Morgan fingerprint density at radius 2 is 1.02 bits per heavy atom. The third kappa shape index (κ3) is 7.92. The van der Waals surface area contributed by atoms with Gasteiger partial charge in [-0.15, -0.1) is 0 Å². The van der Waals surface area contributed by atoms with Gasteiger partial charge in [0.15, 0.2) is 0 Å². The third-order valence-electron chi connectivity index (χ3n) is 7.43. The highest BCUT2D eigenvalue weighted by Gasteiger charge is 2.44. The fourth-order valence-electron chi connectivity index (χ4n) is 5.16. The van der Waals surface area contributed by atoms with E-state index in [-0.39, 0.29) is 19.2 Å². The van der Waals surface area contributed by atoms with Gasteiger partial charge in [-0.2, -0.15) is 0 Å². The highest BCUT2D eigenvalue weighted by molar-refractivity contribution is 7.95. The van der Waals surface area contributed by atoms with Crippen molar-refractivity contribution in [1.82, 2.24) is 0 Å². The van der Waals surface area contributed by atoms with Crippen molar-refractivity contribution in [2.24, 2.45) is 0 Å². The highest BCUT2D eigenvalue weighted by Crippen LogP contribution is 2.55. The van der Waals surface area contributed by atoms with Crippen molar-refractivity contribution in [3.8, 4) is 23.7 Å². The van der Waals surface area contributed by atoms with E-state index in [2.05, 4.69) is 115 Å². The molecule has 0 radical (unpaired) electrons. The standard InChI is InChI=1S/C40H34O3P/c41-31-35-26-22-33(23-27-35)13-10-11-14-34-24-28-36(29-25-34)32-43-40(42)21-12-30-44(37-15-4-1-5-16-37,38-17-6-2-7-18-38)39-19-8-3-9-20-39/h1-9,15-20,22-29,41H,12,21,30-32H2/q+1. The molecule has 0 saturated carbocycles. The van der Waals surface area contributed by atoms with E-state index >= 15 is 0 Å². The van der Waals surface area contributed by atoms with E-state index in [1.165, 1.54) is 15.9 Å². The second kappa shape index (κ2) is 15.5. The van der Waals surface area contributed by atoms with Crippen molar-refractivity contribution in [3.05, 3.63) is 162 Å². The maximum absolute atomic E-state index is 12.8. The molecule has 216 valence electrons. The van der Waals surface area contributed by atoms with E-state index in [4.69, 9.17) is 9.84 Å². The van der Waals surface area contributed by atoms with E-state index < -0.39 is 7.26 Å². The van der Waals surface area contributed by atoms with Gasteiger partial charge in [0, 0.05) is 17.5 Å². The Hall–Kier alpha value is -4.92. The van der Waals surface area contributed by atoms with Crippen LogP contribution in [0, 0.1) is 23.7 Å². The molecule has 0 spiro atoms. The van der Waals surface area contributed by atoms with Crippen molar-refractivity contribution in [2.45, 2.75) is 26.1 Å². The van der Waals surface area contributed by atoms with Gasteiger partial charge < -0.3 is 9.84 Å². The van der Waals surface area contributed by atoms with Gasteiger partial charge in [-0.3, -0.25) is 4.79 Å². The van der Waals surface area contributed by atoms with Crippen molar-refractivity contribution in [1.29, 1.82) is 0 Å². The minimum Gasteiger partial charge on any atom is -0.461 e. The zero-order chi connectivity index (χ0) is 30.5. The molecule has 0 amide bonds. The van der Waals surface area contributed by atoms with Crippen molar-refractivity contribution < 1.29 is 14.6 Å². The largest absolute Gasteiger partial charge is 0.461 e. The lowest BCUT2D eigenvalue weighted by atomic mass is 10.1. The van der Waals surface area contributed by atoms with E-state index in [1.54, 1.807) is 0 Å². The summed E-state index contributed by atoms with van der Waals surface area (Å²) in [7, 11) is -1.96. The van der Waals surface area contributed by atoms with E-state index in [1.807, 2.05) is 48.5 Å². The second-order valence-corrected chi connectivity index (χ2v) is 14.0. The monoisotopic (exact) mass is 593 g/mol. The van der Waals surface area contributed by atoms with Crippen LogP contribution in [0.15, 0.2) is 140 Å². The molecule has 5 aromatic carbocycles. The summed E-state index contributed by atoms with van der Waals surface area (Å²) in [5.74, 6) is 11.6. The van der Waals surface area contributed by atoms with Gasteiger partial charge in [0.2, 0.25) is 0 Å². The highest BCUT2D eigenvalue weighted by atomic mass is 31.2. The number of carbonyl (C=O) groups excluding carboxylic acids is 1. The molecular weight excluding hydrogens is 559 g/mol. The van der Waals surface area contributed by atoms with Gasteiger partial charge in [-0.1, -0.05) is 90.7 Å². The molecule has 0 fully saturated rings. The van der Waals surface area contributed by atoms with Gasteiger partial charge in [0.05, 0.1) is 12.8 Å². The van der Waals surface area contributed by atoms with Crippen LogP contribution in [0.4, 0.5) is 0 Å². The number of benzene rings is 5. The van der Waals surface area contributed by atoms with Gasteiger partial charge in [0.1, 0.15) is 29.8 Å². The minimum atomic E-state index is -1.96. The van der Waals surface area contributed by atoms with Crippen LogP contribution in [-0.4, -0.2) is 17.2 Å². The second-order valence-electron chi connectivity index (χ2n) is 10.4. The molecule has 0 unspecified atom stereocenters. The first-order valence-corrected chi connectivity index (χ1v) is 16.7. The van der Waals surface area contributed by atoms with Gasteiger partial charge in [-0.05, 0) is 90.1 Å². The normalized spacial score (nSPS) is 10.6. The fraction of sp³-hybridized carbons (Fsp3) is 0.125. The molecule has 0 aliphatic heterocycles. The topological polar surface area (TPSA) is 46.5 Å². The maximum Gasteiger partial charge on any atom is 0.306 e. The molecule has 0 aliphatic rings. The van der Waals surface area contributed by atoms with Gasteiger partial charge >= 0.3 is 5.97 Å². The Bertz CT molecular complexity index is 1660. The van der Waals surface area contributed by atoms with E-state index in [0.717, 1.165) is 34.8 Å². The van der Waals surface area contributed by atoms with Crippen LogP contribution in [0.2, 0.25) is 0 Å². The van der Waals surface area contributed by atoms with Crippen molar-refractivity contribution in [2.75, 3.05) is 6.16 Å². The number of esters is 1. The molecule has 4 heteroatoms. The average molecular weight is 594 g/mol. The van der Waals surface area contributed by atoms with Crippen LogP contribution in [0.5, 0.6) is 0 Å². The van der Waals surface area contributed by atoms with Gasteiger partial charge in [-0.25, -0.2) is 0 Å². The number of aliphatic hydroxyl groups excluding tert-OH is 1. The van der Waals surface area contributed by atoms with Crippen molar-refractivity contribution >= 4 is 29.1 Å². The zero-order valence-corrected chi connectivity index (χ0v) is 25.4. The summed E-state index contributed by atoms with van der Waals surface area (Å²) in [4.78, 5) is 12.8. The molecule has 0 heterocycles. The number of carbonyl (C=O) groups is 1. The predicted octanol–water partition coefficient (Wildman–Crippen LogP) is 6.40. The molecular formula is C40H34O3P+. The number of hydrogen-bond acceptors (Lipinski definition) is 3. The Balaban J connectivity index is 1.19. The molecule has 0 bridgehead atoms. The summed E-state index contributed by atoms with van der Waals surface area (Å²) in [6.07, 6.45) is 1.97. The maximum atomic E-state index is 12.8. The first kappa shape index (κ1) is 30.5. The Labute approximate surface area is 260 Å². The summed E-state index contributed by atoms with van der Waals surface area (Å²) in [5, 5.41) is 13.1. The molecule has 0 aromatic heterocycles. The average Bonchev–Trinajstić information content (AvgIpc) is 3.10. The molecule has 0 saturated heterocycles. The molecule has 3 nitrogen and oxygen atoms in total. The third-order valence-corrected chi connectivity index (χ3v) is 12.0. The number of hydrogen-bond donors (Lipinski definition) is 1. The van der Waals surface area contributed by atoms with Crippen LogP contribution in [0.25, 0.3) is 0 Å². The molecule has 1 N–H and O–H groups in total. The van der Waals surface area contributed by atoms with Crippen LogP contribution < -0.4 is 15.9 Å². The molecule has 5 rings (SSSR count). The molecule has 5 aromatic rings. The Morgan fingerprint density at radius 1 is 0.591 bits per heavy atom. The lowest BCUT2D eigenvalue weighted by molar-refractivity contribution is -0.144. The van der Waals surface area contributed by atoms with Crippen LogP contribution in [0.3, 0.4) is 0 Å². The summed E-state index contributed by atoms with van der Waals surface area (Å²) >= 11 is 0. The molecule has 44 heavy (non-hydrogen) atoms. The molecule has 0 atom stereocenters. The quantitative estimate of drug-likeness (QED) is 0.116. The van der Waals surface area contributed by atoms with Gasteiger partial charge in [0.25, 0.3) is 0 Å². The van der Waals surface area contributed by atoms with Crippen LogP contribution in [0.1, 0.15) is 35.1 Å². The Morgan fingerprint density at radius 3 is 1.45 bits per heavy atom. The van der Waals surface area contributed by atoms with E-state index in [0.29, 0.717) is 6.42 Å². The van der Waals surface area contributed by atoms with E-state index in [9.17, 15) is 4.79 Å². The predicted molar refractivity (Wildman–Crippen MR) is 182 cm³/mol. The van der Waals surface area contributed by atoms with Crippen LogP contribution >= 0.6 is 7.26 Å². The first-order valence-electron chi connectivity index (χ1n) is 14.7. The summed E-state index contributed by atoms with van der Waals surface area (Å²) < 4.78 is 5.66. The number of ether oxygens (including phenoxy) is 1. The first-order chi connectivity index (χ1) is 21.7. The summed E-state index contributed by atoms with van der Waals surface area (Å²) in [5.41, 5.74) is 3.46. The Kier molecular flexibility index (Phi) is 10.8. The summed E-state index contributed by atoms with van der Waals surface area (Å²) in [6, 6.07) is 47.2. The summed E-state index contributed by atoms with van der Waals surface area (Å²) in [6.45, 7) is 0.245.